The summed E-state index contributed by atoms with van der Waals surface area (Å²) in [5.74, 6) is 0. The highest BCUT2D eigenvalue weighted by molar-refractivity contribution is 4.55. The van der Waals surface area contributed by atoms with Gasteiger partial charge in [-0.05, 0) is 27.7 Å². The van der Waals surface area contributed by atoms with E-state index in [0.717, 1.165) is 0 Å². The molecule has 3 nitrogen and oxygen atoms in total. The zero-order valence-corrected chi connectivity index (χ0v) is 7.05. The second kappa shape index (κ2) is 3.91. The Labute approximate surface area is 61.9 Å². The second-order valence-corrected chi connectivity index (χ2v) is 3.29. The van der Waals surface area contributed by atoms with E-state index in [0.29, 0.717) is 0 Å². The second-order valence-electron chi connectivity index (χ2n) is 3.29. The summed E-state index contributed by atoms with van der Waals surface area (Å²) in [6.45, 7) is 7.38. The topological polar surface area (TPSA) is 38.7 Å². The molecule has 0 spiro atoms. The summed E-state index contributed by atoms with van der Waals surface area (Å²) in [5, 5.41) is 8.53. The third-order valence-electron chi connectivity index (χ3n) is 0.719. The summed E-state index contributed by atoms with van der Waals surface area (Å²) >= 11 is 0. The van der Waals surface area contributed by atoms with Crippen molar-refractivity contribution in [2.75, 3.05) is 6.61 Å². The number of hydrogen-bond donors (Lipinski definition) is 1. The van der Waals surface area contributed by atoms with E-state index in [2.05, 4.69) is 0 Å². The van der Waals surface area contributed by atoms with Gasteiger partial charge in [-0.15, -0.1) is 0 Å². The molecular weight excluding hydrogens is 132 g/mol. The first-order valence-electron chi connectivity index (χ1n) is 3.41. The fraction of sp³-hybridized carbons (Fsp3) is 1.00. The van der Waals surface area contributed by atoms with Crippen LogP contribution < -0.4 is 0 Å². The summed E-state index contributed by atoms with van der Waals surface area (Å²) in [4.78, 5) is 9.73. The molecular formula is C7H16O3. The molecule has 0 bridgehead atoms. The van der Waals surface area contributed by atoms with Crippen molar-refractivity contribution in [2.24, 2.45) is 0 Å². The van der Waals surface area contributed by atoms with Crippen LogP contribution in [0.1, 0.15) is 27.7 Å². The molecule has 1 atom stereocenters. The molecule has 0 radical (unpaired) electrons. The van der Waals surface area contributed by atoms with E-state index in [1.165, 1.54) is 0 Å². The van der Waals surface area contributed by atoms with Crippen LogP contribution in [-0.4, -0.2) is 23.4 Å². The van der Waals surface area contributed by atoms with E-state index >= 15 is 0 Å². The largest absolute Gasteiger partial charge is 0.394 e. The summed E-state index contributed by atoms with van der Waals surface area (Å²) in [7, 11) is 0. The average molecular weight is 148 g/mol. The monoisotopic (exact) mass is 148 g/mol. The molecule has 3 heteroatoms. The van der Waals surface area contributed by atoms with Crippen LogP contribution in [0.2, 0.25) is 0 Å². The highest BCUT2D eigenvalue weighted by atomic mass is 17.2. The minimum atomic E-state index is -0.302. The van der Waals surface area contributed by atoms with Gasteiger partial charge in [0.1, 0.15) is 6.10 Å². The molecule has 0 rings (SSSR count). The van der Waals surface area contributed by atoms with Crippen LogP contribution in [0.15, 0.2) is 0 Å². The summed E-state index contributed by atoms with van der Waals surface area (Å²) in [6.07, 6.45) is -0.251. The van der Waals surface area contributed by atoms with Gasteiger partial charge >= 0.3 is 0 Å². The van der Waals surface area contributed by atoms with Crippen LogP contribution in [0.5, 0.6) is 0 Å². The molecule has 1 unspecified atom stereocenters. The molecule has 62 valence electrons. The molecule has 0 heterocycles. The Morgan fingerprint density at radius 3 is 2.20 bits per heavy atom. The van der Waals surface area contributed by atoms with Crippen LogP contribution in [0.25, 0.3) is 0 Å². The van der Waals surface area contributed by atoms with Crippen LogP contribution in [0.4, 0.5) is 0 Å². The van der Waals surface area contributed by atoms with Gasteiger partial charge in [-0.3, -0.25) is 0 Å². The highest BCUT2D eigenvalue weighted by Crippen LogP contribution is 2.08. The standard InChI is InChI=1S/C7H16O3/c1-6(5-8)9-10-7(2,3)4/h6,8H,5H2,1-4H3. The van der Waals surface area contributed by atoms with Gasteiger partial charge in [-0.25, -0.2) is 9.78 Å². The van der Waals surface area contributed by atoms with Gasteiger partial charge < -0.3 is 5.11 Å². The fourth-order valence-corrected chi connectivity index (χ4v) is 0.257. The first-order chi connectivity index (χ1) is 4.45. The first-order valence-corrected chi connectivity index (χ1v) is 3.41. The quantitative estimate of drug-likeness (QED) is 0.481. The molecule has 0 aromatic rings. The maximum atomic E-state index is 8.53. The number of hydrogen-bond acceptors (Lipinski definition) is 3. The molecule has 0 aromatic heterocycles. The van der Waals surface area contributed by atoms with Gasteiger partial charge in [0.2, 0.25) is 0 Å². The van der Waals surface area contributed by atoms with E-state index in [-0.39, 0.29) is 18.3 Å². The maximum absolute atomic E-state index is 8.53. The lowest BCUT2D eigenvalue weighted by Gasteiger charge is -2.19. The molecule has 0 saturated carbocycles. The van der Waals surface area contributed by atoms with Crippen molar-refractivity contribution < 1.29 is 14.9 Å². The van der Waals surface area contributed by atoms with Crippen molar-refractivity contribution in [3.05, 3.63) is 0 Å². The van der Waals surface area contributed by atoms with Gasteiger partial charge in [0.15, 0.2) is 0 Å². The molecule has 0 fully saturated rings. The Morgan fingerprint density at radius 1 is 1.40 bits per heavy atom. The maximum Gasteiger partial charge on any atom is 0.113 e. The predicted molar refractivity (Wildman–Crippen MR) is 38.5 cm³/mol. The Morgan fingerprint density at radius 2 is 1.90 bits per heavy atom. The summed E-state index contributed by atoms with van der Waals surface area (Å²) in [5.41, 5.74) is -0.302. The van der Waals surface area contributed by atoms with Crippen molar-refractivity contribution in [2.45, 2.75) is 39.4 Å². The molecule has 10 heavy (non-hydrogen) atoms. The Bertz CT molecular complexity index is 85.3. The van der Waals surface area contributed by atoms with Crippen molar-refractivity contribution >= 4 is 0 Å². The van der Waals surface area contributed by atoms with E-state index in [4.69, 9.17) is 14.9 Å². The minimum absolute atomic E-state index is 0.0178. The lowest BCUT2D eigenvalue weighted by Crippen LogP contribution is -2.24. The lowest BCUT2D eigenvalue weighted by molar-refractivity contribution is -0.373. The van der Waals surface area contributed by atoms with Gasteiger partial charge in [-0.1, -0.05) is 0 Å². The predicted octanol–water partition coefficient (Wildman–Crippen LogP) is 1.11. The third-order valence-corrected chi connectivity index (χ3v) is 0.719. The Kier molecular flexibility index (Phi) is 3.86. The van der Waals surface area contributed by atoms with Crippen LogP contribution in [-0.2, 0) is 9.78 Å². The minimum Gasteiger partial charge on any atom is -0.394 e. The van der Waals surface area contributed by atoms with E-state index < -0.39 is 0 Å². The zero-order valence-electron chi connectivity index (χ0n) is 7.05. The third kappa shape index (κ3) is 6.01. The fourth-order valence-electron chi connectivity index (χ4n) is 0.257. The van der Waals surface area contributed by atoms with E-state index in [1.807, 2.05) is 20.8 Å². The number of aliphatic hydroxyl groups excluding tert-OH is 1. The molecule has 0 aromatic carbocycles. The number of aliphatic hydroxyl groups is 1. The van der Waals surface area contributed by atoms with Crippen molar-refractivity contribution in [3.8, 4) is 0 Å². The Hall–Kier alpha value is -0.120. The van der Waals surface area contributed by atoms with Crippen molar-refractivity contribution in [1.82, 2.24) is 0 Å². The number of rotatable bonds is 3. The van der Waals surface area contributed by atoms with E-state index in [9.17, 15) is 0 Å². The Balaban J connectivity index is 3.36. The molecule has 0 amide bonds. The molecule has 1 N–H and O–H groups in total. The lowest BCUT2D eigenvalue weighted by atomic mass is 10.2. The van der Waals surface area contributed by atoms with Crippen molar-refractivity contribution in [1.29, 1.82) is 0 Å². The normalized spacial score (nSPS) is 15.3. The van der Waals surface area contributed by atoms with Crippen molar-refractivity contribution in [3.63, 3.8) is 0 Å². The van der Waals surface area contributed by atoms with Crippen LogP contribution in [0, 0.1) is 0 Å². The van der Waals surface area contributed by atoms with Gasteiger partial charge in [0, 0.05) is 0 Å². The van der Waals surface area contributed by atoms with E-state index in [1.54, 1.807) is 6.92 Å². The smallest absolute Gasteiger partial charge is 0.113 e. The van der Waals surface area contributed by atoms with Crippen LogP contribution in [0.3, 0.4) is 0 Å². The van der Waals surface area contributed by atoms with Gasteiger partial charge in [0.25, 0.3) is 0 Å². The van der Waals surface area contributed by atoms with Gasteiger partial charge in [0.05, 0.1) is 12.2 Å². The first kappa shape index (κ1) is 9.88. The molecule has 0 saturated heterocycles. The summed E-state index contributed by atoms with van der Waals surface area (Å²) in [6, 6.07) is 0. The van der Waals surface area contributed by atoms with Gasteiger partial charge in [-0.2, -0.15) is 0 Å². The SMILES string of the molecule is CC(CO)OOC(C)(C)C. The highest BCUT2D eigenvalue weighted by Gasteiger charge is 2.13. The average Bonchev–Trinajstić information content (AvgIpc) is 1.81. The zero-order chi connectivity index (χ0) is 8.20. The molecule has 0 aliphatic heterocycles. The molecule has 0 aliphatic carbocycles. The van der Waals surface area contributed by atoms with Crippen LogP contribution >= 0.6 is 0 Å². The molecule has 0 aliphatic rings. The summed E-state index contributed by atoms with van der Waals surface area (Å²) < 4.78 is 0.